The summed E-state index contributed by atoms with van der Waals surface area (Å²) in [5.41, 5.74) is 22.1. The number of rotatable bonds is 11. The highest BCUT2D eigenvalue weighted by Crippen LogP contribution is 2.53. The number of benzene rings is 7. The Balaban J connectivity index is 1.02. The topological polar surface area (TPSA) is 45.0 Å². The maximum Gasteiger partial charge on any atom is 0.0547 e. The molecule has 3 nitrogen and oxygen atoms in total. The SMILES string of the molecule is CCC(CCc1cccc(-n2c3ccccc3c3c4c(ccc32)C(C)(C)c2ccccc2-4)c1)C([N-]C(N)c1ccc(-c2ccccc2)cc1)c1ccccc1. The quantitative estimate of drug-likeness (QED) is 0.142. The molecule has 0 spiro atoms. The third-order valence-corrected chi connectivity index (χ3v) is 12.1. The molecule has 1 aliphatic rings. The molecular weight excluding hydrogens is 667 g/mol. The summed E-state index contributed by atoms with van der Waals surface area (Å²) in [6.07, 6.45) is 2.56. The van der Waals surface area contributed by atoms with Crippen molar-refractivity contribution in [3.8, 4) is 27.9 Å². The number of hydrogen-bond acceptors (Lipinski definition) is 1. The van der Waals surface area contributed by atoms with Crippen molar-refractivity contribution in [3.05, 3.63) is 203 Å². The fourth-order valence-electron chi connectivity index (χ4n) is 9.21. The molecule has 55 heavy (non-hydrogen) atoms. The number of aromatic nitrogens is 1. The maximum atomic E-state index is 6.89. The number of fused-ring (bicyclic) bond motifs is 7. The molecule has 0 saturated carbocycles. The molecule has 1 aliphatic carbocycles. The van der Waals surface area contributed by atoms with Crippen molar-refractivity contribution in [2.75, 3.05) is 0 Å². The largest absolute Gasteiger partial charge is 0.637 e. The van der Waals surface area contributed by atoms with Crippen molar-refractivity contribution in [2.45, 2.75) is 57.7 Å². The maximum absolute atomic E-state index is 6.89. The molecule has 2 N–H and O–H groups in total. The lowest BCUT2D eigenvalue weighted by Crippen LogP contribution is -2.19. The fourth-order valence-corrected chi connectivity index (χ4v) is 9.21. The van der Waals surface area contributed by atoms with Crippen molar-refractivity contribution < 1.29 is 0 Å². The number of nitrogens with two attached hydrogens (primary N) is 1. The molecule has 9 rings (SSSR count). The van der Waals surface area contributed by atoms with Crippen LogP contribution < -0.4 is 5.73 Å². The van der Waals surface area contributed by atoms with Crippen molar-refractivity contribution in [1.82, 2.24) is 4.57 Å². The molecule has 1 heterocycles. The summed E-state index contributed by atoms with van der Waals surface area (Å²) in [5.74, 6) is 0.333. The van der Waals surface area contributed by atoms with Crippen LogP contribution in [0.1, 0.15) is 73.6 Å². The minimum absolute atomic E-state index is 0.00950. The van der Waals surface area contributed by atoms with E-state index >= 15 is 0 Å². The first-order valence-electron chi connectivity index (χ1n) is 19.8. The normalized spacial score (nSPS) is 14.8. The lowest BCUT2D eigenvalue weighted by atomic mass is 9.82. The molecule has 0 radical (unpaired) electrons. The van der Waals surface area contributed by atoms with Gasteiger partial charge in [-0.2, -0.15) is 0 Å². The third-order valence-electron chi connectivity index (χ3n) is 12.1. The van der Waals surface area contributed by atoms with Gasteiger partial charge >= 0.3 is 0 Å². The standard InChI is InChI=1S/C52H48N3/c1-4-36(50(39-19-9-6-10-20-39)54-51(53)40-30-28-38(29-31-40)37-17-7-5-8-18-37)27-26-35-16-15-21-41(34-35)55-46-25-14-12-23-43(46)49-47(55)33-32-45-48(49)42-22-11-13-24-44(42)52(45,2)3/h5-25,28-34,36,50-51H,4,26-27,53H2,1-3H3/q-1. The molecule has 3 unspecified atom stereocenters. The number of hydrogen-bond donors (Lipinski definition) is 1. The molecule has 0 fully saturated rings. The lowest BCUT2D eigenvalue weighted by molar-refractivity contribution is 0.405. The minimum Gasteiger partial charge on any atom is -0.637 e. The first-order chi connectivity index (χ1) is 26.9. The van der Waals surface area contributed by atoms with Crippen LogP contribution in [-0.4, -0.2) is 4.57 Å². The van der Waals surface area contributed by atoms with Crippen LogP contribution >= 0.6 is 0 Å². The number of nitrogens with zero attached hydrogens (tertiary/aromatic N) is 2. The van der Waals surface area contributed by atoms with E-state index in [4.69, 9.17) is 11.1 Å². The first kappa shape index (κ1) is 35.0. The molecule has 0 saturated heterocycles. The summed E-state index contributed by atoms with van der Waals surface area (Å²) in [6.45, 7) is 7.02. The van der Waals surface area contributed by atoms with E-state index in [1.165, 1.54) is 72.0 Å². The van der Waals surface area contributed by atoms with Crippen LogP contribution in [0.4, 0.5) is 0 Å². The van der Waals surface area contributed by atoms with E-state index in [0.29, 0.717) is 5.92 Å². The second-order valence-corrected chi connectivity index (χ2v) is 15.7. The fraction of sp³-hybridized carbons (Fsp3) is 0.192. The Hall–Kier alpha value is -5.74. The molecule has 1 aromatic heterocycles. The van der Waals surface area contributed by atoms with Gasteiger partial charge < -0.3 is 15.6 Å². The summed E-state index contributed by atoms with van der Waals surface area (Å²) in [7, 11) is 0. The minimum atomic E-state index is -0.415. The van der Waals surface area contributed by atoms with E-state index in [9.17, 15) is 0 Å². The predicted octanol–water partition coefficient (Wildman–Crippen LogP) is 13.5. The summed E-state index contributed by atoms with van der Waals surface area (Å²) >= 11 is 0. The zero-order valence-electron chi connectivity index (χ0n) is 32.0. The van der Waals surface area contributed by atoms with E-state index < -0.39 is 6.17 Å². The number of aryl methyl sites for hydroxylation is 1. The van der Waals surface area contributed by atoms with Crippen LogP contribution in [0.3, 0.4) is 0 Å². The third kappa shape index (κ3) is 6.28. The van der Waals surface area contributed by atoms with E-state index in [1.54, 1.807) is 0 Å². The van der Waals surface area contributed by atoms with Crippen molar-refractivity contribution in [1.29, 1.82) is 0 Å². The number of para-hydroxylation sites is 1. The van der Waals surface area contributed by atoms with E-state index in [2.05, 4.69) is 189 Å². The second-order valence-electron chi connectivity index (χ2n) is 15.7. The van der Waals surface area contributed by atoms with Crippen LogP contribution in [-0.2, 0) is 11.8 Å². The summed E-state index contributed by atoms with van der Waals surface area (Å²) in [6, 6.07) is 61.6. The van der Waals surface area contributed by atoms with Crippen molar-refractivity contribution in [3.63, 3.8) is 0 Å². The van der Waals surface area contributed by atoms with Crippen LogP contribution in [0, 0.1) is 5.92 Å². The van der Waals surface area contributed by atoms with E-state index in [1.807, 2.05) is 6.07 Å². The molecule has 0 aliphatic heterocycles. The van der Waals surface area contributed by atoms with Gasteiger partial charge in [0.1, 0.15) is 0 Å². The first-order valence-corrected chi connectivity index (χ1v) is 19.8. The van der Waals surface area contributed by atoms with Crippen LogP contribution in [0.25, 0.3) is 55.1 Å². The van der Waals surface area contributed by atoms with Gasteiger partial charge in [0.15, 0.2) is 0 Å². The summed E-state index contributed by atoms with van der Waals surface area (Å²) in [5, 5.41) is 8.01. The Kier molecular flexibility index (Phi) is 9.22. The summed E-state index contributed by atoms with van der Waals surface area (Å²) < 4.78 is 2.48. The van der Waals surface area contributed by atoms with Gasteiger partial charge in [-0.05, 0) is 76.1 Å². The highest BCUT2D eigenvalue weighted by atomic mass is 15.1. The van der Waals surface area contributed by atoms with Gasteiger partial charge in [0, 0.05) is 21.9 Å². The molecule has 272 valence electrons. The van der Waals surface area contributed by atoms with Crippen LogP contribution in [0.2, 0.25) is 0 Å². The highest BCUT2D eigenvalue weighted by molar-refractivity contribution is 6.17. The van der Waals surface area contributed by atoms with Gasteiger partial charge in [-0.1, -0.05) is 196 Å². The second kappa shape index (κ2) is 14.5. The van der Waals surface area contributed by atoms with E-state index in [0.717, 1.165) is 24.8 Å². The van der Waals surface area contributed by atoms with Gasteiger partial charge in [-0.15, -0.1) is 6.04 Å². The smallest absolute Gasteiger partial charge is 0.0547 e. The predicted molar refractivity (Wildman–Crippen MR) is 232 cm³/mol. The Morgan fingerprint density at radius 1 is 0.618 bits per heavy atom. The van der Waals surface area contributed by atoms with Gasteiger partial charge in [0.05, 0.1) is 11.0 Å². The summed E-state index contributed by atoms with van der Waals surface area (Å²) in [4.78, 5) is 0. The monoisotopic (exact) mass is 714 g/mol. The Morgan fingerprint density at radius 3 is 2.09 bits per heavy atom. The molecule has 3 atom stereocenters. The molecule has 0 bridgehead atoms. The highest BCUT2D eigenvalue weighted by Gasteiger charge is 2.37. The molecule has 3 heteroatoms. The zero-order valence-corrected chi connectivity index (χ0v) is 32.0. The van der Waals surface area contributed by atoms with Gasteiger partial charge in [0.2, 0.25) is 0 Å². The molecule has 0 amide bonds. The van der Waals surface area contributed by atoms with Crippen LogP contribution in [0.15, 0.2) is 170 Å². The van der Waals surface area contributed by atoms with Gasteiger partial charge in [0.25, 0.3) is 0 Å². The molecular formula is C52H48N3-. The Morgan fingerprint density at radius 2 is 1.31 bits per heavy atom. The van der Waals surface area contributed by atoms with Crippen molar-refractivity contribution in [2.24, 2.45) is 11.7 Å². The van der Waals surface area contributed by atoms with Gasteiger partial charge in [-0.3, -0.25) is 0 Å². The molecule has 8 aromatic rings. The lowest BCUT2D eigenvalue weighted by Gasteiger charge is -2.43. The molecule has 7 aromatic carbocycles. The van der Waals surface area contributed by atoms with Crippen molar-refractivity contribution >= 4 is 21.8 Å². The van der Waals surface area contributed by atoms with E-state index in [-0.39, 0.29) is 11.5 Å². The Bertz CT molecular complexity index is 2600. The van der Waals surface area contributed by atoms with Gasteiger partial charge in [-0.25, -0.2) is 0 Å². The average Bonchev–Trinajstić information content (AvgIpc) is 3.70. The Labute approximate surface area is 325 Å². The average molecular weight is 715 g/mol. The zero-order chi connectivity index (χ0) is 37.5. The van der Waals surface area contributed by atoms with Crippen LogP contribution in [0.5, 0.6) is 0 Å².